The van der Waals surface area contributed by atoms with Crippen LogP contribution in [0.1, 0.15) is 12.1 Å². The predicted octanol–water partition coefficient (Wildman–Crippen LogP) is 1.65. The molecule has 0 aliphatic rings. The Bertz CT molecular complexity index is 785. The highest BCUT2D eigenvalue weighted by molar-refractivity contribution is 7.13. The largest absolute Gasteiger partial charge is 0.333 e. The molecule has 3 aromatic heterocycles. The number of aromatic nitrogens is 3. The Morgan fingerprint density at radius 2 is 2.25 bits per heavy atom. The highest BCUT2D eigenvalue weighted by atomic mass is 32.1. The molecule has 0 saturated heterocycles. The second-order valence-electron chi connectivity index (χ2n) is 4.70. The number of nitrogens with zero attached hydrogens (tertiary/aromatic N) is 3. The minimum atomic E-state index is -0.0899. The molecule has 6 heteroatoms. The van der Waals surface area contributed by atoms with Gasteiger partial charge >= 0.3 is 0 Å². The number of fused-ring (bicyclic) bond motifs is 1. The summed E-state index contributed by atoms with van der Waals surface area (Å²) in [4.78, 5) is 13.2. The molecule has 0 aromatic carbocycles. The fourth-order valence-electron chi connectivity index (χ4n) is 2.29. The SMILES string of the molecule is Cn1c(CCCN)cc(=O)n2nc(-c3cccs3)cc12. The number of aryl methyl sites for hydroxylation is 2. The lowest BCUT2D eigenvalue weighted by Crippen LogP contribution is -2.20. The van der Waals surface area contributed by atoms with Gasteiger partial charge in [-0.15, -0.1) is 11.3 Å². The summed E-state index contributed by atoms with van der Waals surface area (Å²) in [7, 11) is 1.96. The second kappa shape index (κ2) is 5.22. The number of hydrogen-bond acceptors (Lipinski definition) is 4. The average molecular weight is 288 g/mol. The Balaban J connectivity index is 2.16. The number of hydrogen-bond donors (Lipinski definition) is 1. The Morgan fingerprint density at radius 3 is 2.95 bits per heavy atom. The van der Waals surface area contributed by atoms with Crippen LogP contribution in [0.3, 0.4) is 0 Å². The van der Waals surface area contributed by atoms with Gasteiger partial charge in [-0.3, -0.25) is 4.79 Å². The molecule has 0 atom stereocenters. The molecule has 20 heavy (non-hydrogen) atoms. The van der Waals surface area contributed by atoms with Crippen LogP contribution in [0.5, 0.6) is 0 Å². The summed E-state index contributed by atoms with van der Waals surface area (Å²) in [5.41, 5.74) is 8.09. The third-order valence-electron chi connectivity index (χ3n) is 3.37. The van der Waals surface area contributed by atoms with Gasteiger partial charge in [-0.05, 0) is 30.8 Å². The smallest absolute Gasteiger partial charge is 0.274 e. The molecular weight excluding hydrogens is 272 g/mol. The summed E-state index contributed by atoms with van der Waals surface area (Å²) in [6.45, 7) is 0.624. The standard InChI is InChI=1S/C14H16N4OS/c1-17-10(4-2-6-15)8-14(19)18-13(17)9-11(16-18)12-5-3-7-20-12/h3,5,7-9H,2,4,6,15H2,1H3. The minimum Gasteiger partial charge on any atom is -0.333 e. The van der Waals surface area contributed by atoms with Crippen molar-refractivity contribution in [3.63, 3.8) is 0 Å². The molecule has 0 aliphatic carbocycles. The van der Waals surface area contributed by atoms with Crippen molar-refractivity contribution >= 4 is 17.0 Å². The number of nitrogens with two attached hydrogens (primary N) is 1. The van der Waals surface area contributed by atoms with Crippen molar-refractivity contribution in [3.8, 4) is 10.6 Å². The lowest BCUT2D eigenvalue weighted by molar-refractivity contribution is 0.725. The van der Waals surface area contributed by atoms with Crippen LogP contribution in [-0.4, -0.2) is 20.7 Å². The third kappa shape index (κ3) is 2.17. The van der Waals surface area contributed by atoms with E-state index in [1.165, 1.54) is 4.52 Å². The maximum atomic E-state index is 12.2. The molecular formula is C14H16N4OS. The van der Waals surface area contributed by atoms with Crippen molar-refractivity contribution in [3.05, 3.63) is 45.7 Å². The summed E-state index contributed by atoms with van der Waals surface area (Å²) >= 11 is 1.62. The Morgan fingerprint density at radius 1 is 1.40 bits per heavy atom. The quantitative estimate of drug-likeness (QED) is 0.794. The molecule has 0 saturated carbocycles. The van der Waals surface area contributed by atoms with Gasteiger partial charge in [-0.2, -0.15) is 9.61 Å². The van der Waals surface area contributed by atoms with Crippen molar-refractivity contribution in [2.45, 2.75) is 12.8 Å². The molecule has 0 fully saturated rings. The van der Waals surface area contributed by atoms with Gasteiger partial charge in [0.15, 0.2) is 0 Å². The van der Waals surface area contributed by atoms with Gasteiger partial charge in [0.25, 0.3) is 5.56 Å². The first-order chi connectivity index (χ1) is 9.70. The van der Waals surface area contributed by atoms with Crippen molar-refractivity contribution in [2.24, 2.45) is 12.8 Å². The van der Waals surface area contributed by atoms with E-state index in [0.29, 0.717) is 6.54 Å². The maximum Gasteiger partial charge on any atom is 0.274 e. The molecule has 5 nitrogen and oxygen atoms in total. The molecule has 0 aliphatic heterocycles. The van der Waals surface area contributed by atoms with E-state index < -0.39 is 0 Å². The van der Waals surface area contributed by atoms with E-state index in [1.807, 2.05) is 35.2 Å². The van der Waals surface area contributed by atoms with Crippen LogP contribution in [0.2, 0.25) is 0 Å². The van der Waals surface area contributed by atoms with Crippen LogP contribution in [0.15, 0.2) is 34.4 Å². The molecule has 0 unspecified atom stereocenters. The van der Waals surface area contributed by atoms with Gasteiger partial charge < -0.3 is 10.3 Å². The van der Waals surface area contributed by atoms with E-state index >= 15 is 0 Å². The molecule has 0 spiro atoms. The zero-order valence-corrected chi connectivity index (χ0v) is 12.1. The number of rotatable bonds is 4. The predicted molar refractivity (Wildman–Crippen MR) is 81.1 cm³/mol. The molecule has 3 rings (SSSR count). The van der Waals surface area contributed by atoms with Crippen LogP contribution >= 0.6 is 11.3 Å². The van der Waals surface area contributed by atoms with Gasteiger partial charge in [-0.1, -0.05) is 6.07 Å². The summed E-state index contributed by atoms with van der Waals surface area (Å²) in [6, 6.07) is 7.59. The van der Waals surface area contributed by atoms with E-state index in [4.69, 9.17) is 5.73 Å². The van der Waals surface area contributed by atoms with Gasteiger partial charge in [0.1, 0.15) is 11.3 Å². The highest BCUT2D eigenvalue weighted by Crippen LogP contribution is 2.24. The first kappa shape index (κ1) is 13.1. The summed E-state index contributed by atoms with van der Waals surface area (Å²) in [6.07, 6.45) is 1.67. The van der Waals surface area contributed by atoms with Crippen molar-refractivity contribution in [1.82, 2.24) is 14.2 Å². The first-order valence-corrected chi connectivity index (χ1v) is 7.41. The van der Waals surface area contributed by atoms with Gasteiger partial charge in [0, 0.05) is 24.9 Å². The van der Waals surface area contributed by atoms with Gasteiger partial charge in [0.2, 0.25) is 0 Å². The van der Waals surface area contributed by atoms with E-state index in [2.05, 4.69) is 5.10 Å². The zero-order chi connectivity index (χ0) is 14.1. The van der Waals surface area contributed by atoms with Crippen molar-refractivity contribution < 1.29 is 0 Å². The maximum absolute atomic E-state index is 12.2. The fourth-order valence-corrected chi connectivity index (χ4v) is 2.97. The molecule has 0 amide bonds. The van der Waals surface area contributed by atoms with Crippen LogP contribution in [0, 0.1) is 0 Å². The first-order valence-electron chi connectivity index (χ1n) is 6.53. The van der Waals surface area contributed by atoms with Crippen LogP contribution in [0.25, 0.3) is 16.2 Å². The molecule has 3 aromatic rings. The Kier molecular flexibility index (Phi) is 3.42. The summed E-state index contributed by atoms with van der Waals surface area (Å²) in [5.74, 6) is 0. The molecule has 3 heterocycles. The summed E-state index contributed by atoms with van der Waals surface area (Å²) in [5, 5.41) is 6.41. The van der Waals surface area contributed by atoms with Crippen molar-refractivity contribution in [1.29, 1.82) is 0 Å². The Hall–Kier alpha value is -1.92. The Labute approximate surface area is 120 Å². The zero-order valence-electron chi connectivity index (χ0n) is 11.2. The second-order valence-corrected chi connectivity index (χ2v) is 5.65. The topological polar surface area (TPSA) is 65.3 Å². The minimum absolute atomic E-state index is 0.0899. The average Bonchev–Trinajstić information content (AvgIpc) is 3.08. The highest BCUT2D eigenvalue weighted by Gasteiger charge is 2.11. The molecule has 0 bridgehead atoms. The van der Waals surface area contributed by atoms with Gasteiger partial charge in [-0.25, -0.2) is 0 Å². The third-order valence-corrected chi connectivity index (χ3v) is 4.27. The van der Waals surface area contributed by atoms with E-state index in [9.17, 15) is 4.79 Å². The van der Waals surface area contributed by atoms with E-state index in [1.54, 1.807) is 17.4 Å². The van der Waals surface area contributed by atoms with E-state index in [-0.39, 0.29) is 5.56 Å². The number of thiophene rings is 1. The monoisotopic (exact) mass is 288 g/mol. The summed E-state index contributed by atoms with van der Waals surface area (Å²) < 4.78 is 3.47. The lowest BCUT2D eigenvalue weighted by Gasteiger charge is -2.09. The van der Waals surface area contributed by atoms with Crippen LogP contribution < -0.4 is 11.3 Å². The van der Waals surface area contributed by atoms with E-state index in [0.717, 1.165) is 34.8 Å². The lowest BCUT2D eigenvalue weighted by atomic mass is 10.2. The normalized spacial score (nSPS) is 11.3. The van der Waals surface area contributed by atoms with Gasteiger partial charge in [0.05, 0.1) is 4.88 Å². The van der Waals surface area contributed by atoms with Crippen LogP contribution in [-0.2, 0) is 13.5 Å². The molecule has 0 radical (unpaired) electrons. The van der Waals surface area contributed by atoms with Crippen molar-refractivity contribution in [2.75, 3.05) is 6.54 Å². The van der Waals surface area contributed by atoms with Crippen LogP contribution in [0.4, 0.5) is 0 Å². The fraction of sp³-hybridized carbons (Fsp3) is 0.286. The molecule has 104 valence electrons. The molecule has 2 N–H and O–H groups in total.